The Kier molecular flexibility index (Phi) is 14.1. The highest BCUT2D eigenvalue weighted by molar-refractivity contribution is 5.69. The van der Waals surface area contributed by atoms with Crippen molar-refractivity contribution < 1.29 is 9.53 Å². The van der Waals surface area contributed by atoms with Crippen molar-refractivity contribution >= 4 is 5.97 Å². The number of hydrogen-bond acceptors (Lipinski definition) is 2. The van der Waals surface area contributed by atoms with Gasteiger partial charge in [0.15, 0.2) is 0 Å². The molecule has 0 saturated heterocycles. The van der Waals surface area contributed by atoms with Gasteiger partial charge >= 0.3 is 5.97 Å². The van der Waals surface area contributed by atoms with Crippen LogP contribution in [0.25, 0.3) is 0 Å². The van der Waals surface area contributed by atoms with Gasteiger partial charge in [-0.3, -0.25) is 4.79 Å². The molecule has 0 bridgehead atoms. The molecular formula is C16H31O2. The molecule has 0 amide bonds. The SMILES string of the molecule is [CH2]OC(=O)CCCCCCCCCCCCCC. The van der Waals surface area contributed by atoms with Crippen LogP contribution in [0.4, 0.5) is 0 Å². The molecule has 107 valence electrons. The number of ether oxygens (including phenoxy) is 1. The third-order valence-electron chi connectivity index (χ3n) is 3.40. The topological polar surface area (TPSA) is 26.3 Å². The second-order valence-corrected chi connectivity index (χ2v) is 5.16. The number of carbonyl (C=O) groups excluding carboxylic acids is 1. The summed E-state index contributed by atoms with van der Waals surface area (Å²) < 4.78 is 4.36. The van der Waals surface area contributed by atoms with Gasteiger partial charge in [-0.25, -0.2) is 0 Å². The van der Waals surface area contributed by atoms with Gasteiger partial charge in [-0.15, -0.1) is 0 Å². The van der Waals surface area contributed by atoms with E-state index in [0.29, 0.717) is 6.42 Å². The van der Waals surface area contributed by atoms with Gasteiger partial charge in [0.05, 0.1) is 0 Å². The van der Waals surface area contributed by atoms with E-state index in [1.807, 2.05) is 0 Å². The van der Waals surface area contributed by atoms with Crippen LogP contribution in [0.3, 0.4) is 0 Å². The zero-order valence-electron chi connectivity index (χ0n) is 12.2. The van der Waals surface area contributed by atoms with Crippen molar-refractivity contribution in [2.24, 2.45) is 0 Å². The van der Waals surface area contributed by atoms with Crippen molar-refractivity contribution in [2.75, 3.05) is 0 Å². The van der Waals surface area contributed by atoms with Crippen molar-refractivity contribution in [1.29, 1.82) is 0 Å². The first kappa shape index (κ1) is 17.5. The third-order valence-corrected chi connectivity index (χ3v) is 3.40. The lowest BCUT2D eigenvalue weighted by Crippen LogP contribution is -1.97. The molecule has 0 fully saturated rings. The molecule has 0 aliphatic carbocycles. The van der Waals surface area contributed by atoms with Crippen molar-refractivity contribution in [3.05, 3.63) is 7.11 Å². The Morgan fingerprint density at radius 2 is 1.17 bits per heavy atom. The van der Waals surface area contributed by atoms with E-state index in [0.717, 1.165) is 12.8 Å². The number of esters is 1. The Bertz CT molecular complexity index is 178. The van der Waals surface area contributed by atoms with Crippen LogP contribution >= 0.6 is 0 Å². The van der Waals surface area contributed by atoms with Crippen molar-refractivity contribution in [1.82, 2.24) is 0 Å². The maximum absolute atomic E-state index is 10.8. The lowest BCUT2D eigenvalue weighted by Gasteiger charge is -2.02. The Morgan fingerprint density at radius 3 is 1.56 bits per heavy atom. The van der Waals surface area contributed by atoms with Crippen LogP contribution in [0.2, 0.25) is 0 Å². The van der Waals surface area contributed by atoms with Crippen LogP contribution < -0.4 is 0 Å². The summed E-state index contributed by atoms with van der Waals surface area (Å²) in [6, 6.07) is 0. The maximum Gasteiger partial charge on any atom is 0.305 e. The standard InChI is InChI=1S/C16H31O2/c1-3-4-5-6-7-8-9-10-11-12-13-14-15-16(17)18-2/h2-15H2,1H3. The summed E-state index contributed by atoms with van der Waals surface area (Å²) in [5, 5.41) is 0. The average Bonchev–Trinajstić information content (AvgIpc) is 2.39. The normalized spacial score (nSPS) is 10.6. The fraction of sp³-hybridized carbons (Fsp3) is 0.875. The number of unbranched alkanes of at least 4 members (excludes halogenated alkanes) is 11. The first-order chi connectivity index (χ1) is 8.81. The predicted octanol–water partition coefficient (Wildman–Crippen LogP) is 5.41. The molecule has 0 atom stereocenters. The second-order valence-electron chi connectivity index (χ2n) is 5.16. The molecule has 0 aromatic heterocycles. The van der Waals surface area contributed by atoms with Crippen molar-refractivity contribution in [3.63, 3.8) is 0 Å². The minimum atomic E-state index is -0.179. The Labute approximate surface area is 113 Å². The van der Waals surface area contributed by atoms with Gasteiger partial charge in [0.25, 0.3) is 0 Å². The Balaban J connectivity index is 2.97. The van der Waals surface area contributed by atoms with Crippen LogP contribution in [-0.2, 0) is 9.53 Å². The molecular weight excluding hydrogens is 224 g/mol. The van der Waals surface area contributed by atoms with Crippen molar-refractivity contribution in [3.8, 4) is 0 Å². The van der Waals surface area contributed by atoms with Gasteiger partial charge in [0.2, 0.25) is 0 Å². The molecule has 0 unspecified atom stereocenters. The molecule has 0 N–H and O–H groups in total. The highest BCUT2D eigenvalue weighted by Crippen LogP contribution is 2.12. The summed E-state index contributed by atoms with van der Waals surface area (Å²) >= 11 is 0. The van der Waals surface area contributed by atoms with Gasteiger partial charge in [-0.1, -0.05) is 77.6 Å². The highest BCUT2D eigenvalue weighted by Gasteiger charge is 1.99. The fourth-order valence-electron chi connectivity index (χ4n) is 2.18. The van der Waals surface area contributed by atoms with Gasteiger partial charge in [0.1, 0.15) is 7.11 Å². The van der Waals surface area contributed by atoms with Crippen LogP contribution in [0.15, 0.2) is 0 Å². The molecule has 0 rings (SSSR count). The van der Waals surface area contributed by atoms with E-state index in [-0.39, 0.29) is 5.97 Å². The maximum atomic E-state index is 10.8. The molecule has 0 saturated carbocycles. The summed E-state index contributed by atoms with van der Waals surface area (Å²) in [5.74, 6) is -0.179. The molecule has 0 spiro atoms. The number of hydrogen-bond donors (Lipinski definition) is 0. The molecule has 1 radical (unpaired) electrons. The molecule has 0 aliphatic heterocycles. The van der Waals surface area contributed by atoms with E-state index in [1.165, 1.54) is 64.2 Å². The molecule has 0 aromatic carbocycles. The zero-order chi connectivity index (χ0) is 13.5. The number of carbonyl (C=O) groups is 1. The van der Waals surface area contributed by atoms with E-state index < -0.39 is 0 Å². The molecule has 18 heavy (non-hydrogen) atoms. The predicted molar refractivity (Wildman–Crippen MR) is 77.1 cm³/mol. The quantitative estimate of drug-likeness (QED) is 0.325. The highest BCUT2D eigenvalue weighted by atomic mass is 16.5. The summed E-state index contributed by atoms with van der Waals surface area (Å²) in [7, 11) is 3.11. The molecule has 2 heteroatoms. The van der Waals surface area contributed by atoms with Gasteiger partial charge in [0, 0.05) is 6.42 Å². The minimum absolute atomic E-state index is 0.179. The van der Waals surface area contributed by atoms with Crippen LogP contribution in [0.1, 0.15) is 90.4 Å². The molecule has 0 heterocycles. The third kappa shape index (κ3) is 13.5. The van der Waals surface area contributed by atoms with E-state index in [1.54, 1.807) is 0 Å². The summed E-state index contributed by atoms with van der Waals surface area (Å²) in [6.45, 7) is 2.26. The van der Waals surface area contributed by atoms with Gasteiger partial charge < -0.3 is 4.74 Å². The molecule has 2 nitrogen and oxygen atoms in total. The van der Waals surface area contributed by atoms with E-state index in [2.05, 4.69) is 18.8 Å². The minimum Gasteiger partial charge on any atom is -0.462 e. The van der Waals surface area contributed by atoms with Crippen LogP contribution in [0.5, 0.6) is 0 Å². The monoisotopic (exact) mass is 255 g/mol. The Hall–Kier alpha value is -0.530. The van der Waals surface area contributed by atoms with E-state index in [4.69, 9.17) is 0 Å². The van der Waals surface area contributed by atoms with Crippen LogP contribution in [0, 0.1) is 7.11 Å². The first-order valence-electron chi connectivity index (χ1n) is 7.76. The lowest BCUT2D eigenvalue weighted by atomic mass is 10.0. The Morgan fingerprint density at radius 1 is 0.778 bits per heavy atom. The average molecular weight is 255 g/mol. The summed E-state index contributed by atoms with van der Waals surface area (Å²) in [6.07, 6.45) is 16.3. The van der Waals surface area contributed by atoms with E-state index >= 15 is 0 Å². The summed E-state index contributed by atoms with van der Waals surface area (Å²) in [5.41, 5.74) is 0. The first-order valence-corrected chi connectivity index (χ1v) is 7.76. The lowest BCUT2D eigenvalue weighted by molar-refractivity contribution is -0.138. The summed E-state index contributed by atoms with van der Waals surface area (Å²) in [4.78, 5) is 10.8. The van der Waals surface area contributed by atoms with Gasteiger partial charge in [-0.05, 0) is 6.42 Å². The molecule has 0 aromatic rings. The van der Waals surface area contributed by atoms with E-state index in [9.17, 15) is 4.79 Å². The van der Waals surface area contributed by atoms with Gasteiger partial charge in [-0.2, -0.15) is 0 Å². The zero-order valence-corrected chi connectivity index (χ0v) is 12.2. The number of rotatable bonds is 13. The largest absolute Gasteiger partial charge is 0.462 e. The molecule has 0 aliphatic rings. The van der Waals surface area contributed by atoms with Crippen LogP contribution in [-0.4, -0.2) is 5.97 Å². The fourth-order valence-corrected chi connectivity index (χ4v) is 2.18. The second kappa shape index (κ2) is 14.5. The smallest absolute Gasteiger partial charge is 0.305 e. The van der Waals surface area contributed by atoms with Crippen molar-refractivity contribution in [2.45, 2.75) is 90.4 Å².